The maximum Gasteiger partial charge on any atom is 0.262 e. The molecule has 6 heteroatoms. The first-order valence-corrected chi connectivity index (χ1v) is 9.74. The third kappa shape index (κ3) is 3.40. The molecule has 0 fully saturated rings. The molecule has 0 aliphatic rings. The summed E-state index contributed by atoms with van der Waals surface area (Å²) in [5, 5.41) is 5.52. The van der Waals surface area contributed by atoms with Gasteiger partial charge in [-0.15, -0.1) is 0 Å². The fourth-order valence-corrected chi connectivity index (χ4v) is 3.86. The number of nitrogens with zero attached hydrogens (tertiary/aromatic N) is 3. The molecule has 27 heavy (non-hydrogen) atoms. The van der Waals surface area contributed by atoms with Gasteiger partial charge in [0.15, 0.2) is 10.8 Å². The molecule has 5 nitrogen and oxygen atoms in total. The van der Waals surface area contributed by atoms with Crippen LogP contribution in [-0.2, 0) is 5.75 Å². The molecule has 0 aliphatic carbocycles. The summed E-state index contributed by atoms with van der Waals surface area (Å²) < 4.78 is 1.75. The highest BCUT2D eigenvalue weighted by Crippen LogP contribution is 2.23. The number of aromatic nitrogens is 4. The second-order valence-electron chi connectivity index (χ2n) is 6.66. The number of hydrogen-bond donors (Lipinski definition) is 1. The van der Waals surface area contributed by atoms with E-state index >= 15 is 0 Å². The Morgan fingerprint density at radius 1 is 1.11 bits per heavy atom. The second kappa shape index (κ2) is 7.04. The molecule has 4 aromatic rings. The zero-order valence-corrected chi connectivity index (χ0v) is 16.3. The summed E-state index contributed by atoms with van der Waals surface area (Å²) in [5.41, 5.74) is 6.08. The van der Waals surface area contributed by atoms with Crippen molar-refractivity contribution in [3.8, 4) is 5.69 Å². The molecule has 2 aromatic carbocycles. The van der Waals surface area contributed by atoms with Crippen LogP contribution in [0, 0.1) is 20.8 Å². The van der Waals surface area contributed by atoms with E-state index in [1.54, 1.807) is 10.9 Å². The maximum absolute atomic E-state index is 12.5. The third-order valence-corrected chi connectivity index (χ3v) is 5.62. The van der Waals surface area contributed by atoms with Crippen LogP contribution < -0.4 is 5.56 Å². The first-order valence-electron chi connectivity index (χ1n) is 8.76. The predicted molar refractivity (Wildman–Crippen MR) is 110 cm³/mol. The van der Waals surface area contributed by atoms with Crippen molar-refractivity contribution >= 4 is 22.8 Å². The molecule has 0 amide bonds. The summed E-state index contributed by atoms with van der Waals surface area (Å²) in [7, 11) is 0. The van der Waals surface area contributed by atoms with E-state index in [0.29, 0.717) is 16.2 Å². The van der Waals surface area contributed by atoms with E-state index in [0.717, 1.165) is 17.0 Å². The van der Waals surface area contributed by atoms with E-state index in [1.165, 1.54) is 28.5 Å². The molecule has 2 aromatic heterocycles. The van der Waals surface area contributed by atoms with Gasteiger partial charge in [0.2, 0.25) is 0 Å². The number of benzene rings is 2. The lowest BCUT2D eigenvalue weighted by atomic mass is 10.1. The van der Waals surface area contributed by atoms with Crippen LogP contribution in [0.4, 0.5) is 0 Å². The van der Waals surface area contributed by atoms with Crippen LogP contribution in [0.25, 0.3) is 16.7 Å². The van der Waals surface area contributed by atoms with Gasteiger partial charge >= 0.3 is 0 Å². The summed E-state index contributed by atoms with van der Waals surface area (Å²) in [6.45, 7) is 6.19. The minimum Gasteiger partial charge on any atom is -0.301 e. The number of H-pyrrole nitrogens is 1. The lowest BCUT2D eigenvalue weighted by Crippen LogP contribution is -2.10. The van der Waals surface area contributed by atoms with Crippen molar-refractivity contribution in [2.45, 2.75) is 31.7 Å². The Kier molecular flexibility index (Phi) is 4.58. The molecule has 136 valence electrons. The fourth-order valence-electron chi connectivity index (χ4n) is 3.06. The molecule has 4 rings (SSSR count). The van der Waals surface area contributed by atoms with Gasteiger partial charge in [0, 0.05) is 5.75 Å². The average Bonchev–Trinajstić information content (AvgIpc) is 3.07. The Balaban J connectivity index is 1.74. The van der Waals surface area contributed by atoms with Gasteiger partial charge in [0.25, 0.3) is 5.56 Å². The van der Waals surface area contributed by atoms with E-state index in [9.17, 15) is 4.79 Å². The summed E-state index contributed by atoms with van der Waals surface area (Å²) in [4.78, 5) is 20.1. The Hall–Kier alpha value is -2.86. The number of rotatable bonds is 4. The topological polar surface area (TPSA) is 63.6 Å². The quantitative estimate of drug-likeness (QED) is 0.425. The standard InChI is InChI=1S/C21H20N4OS/c1-13-6-4-8-16(10-13)12-27-21-23-19-17(20(26)24-21)11-22-25(19)18-9-5-7-14(2)15(18)3/h4-11H,12H2,1-3H3,(H,23,24,26). The highest BCUT2D eigenvalue weighted by Gasteiger charge is 2.14. The molecule has 0 saturated carbocycles. The lowest BCUT2D eigenvalue weighted by Gasteiger charge is -2.09. The van der Waals surface area contributed by atoms with E-state index in [1.807, 2.05) is 18.2 Å². The normalized spacial score (nSPS) is 11.2. The van der Waals surface area contributed by atoms with Crippen LogP contribution in [0.15, 0.2) is 58.6 Å². The Labute approximate surface area is 161 Å². The number of thioether (sulfide) groups is 1. The molecule has 0 unspecified atom stereocenters. The summed E-state index contributed by atoms with van der Waals surface area (Å²) in [6, 6.07) is 14.4. The van der Waals surface area contributed by atoms with Crippen molar-refractivity contribution < 1.29 is 0 Å². The largest absolute Gasteiger partial charge is 0.301 e. The highest BCUT2D eigenvalue weighted by molar-refractivity contribution is 7.98. The molecular formula is C21H20N4OS. The third-order valence-electron chi connectivity index (χ3n) is 4.68. The van der Waals surface area contributed by atoms with Gasteiger partial charge in [-0.25, -0.2) is 9.67 Å². The molecule has 0 bridgehead atoms. The van der Waals surface area contributed by atoms with Crippen LogP contribution in [0.3, 0.4) is 0 Å². The van der Waals surface area contributed by atoms with E-state index in [4.69, 9.17) is 0 Å². The van der Waals surface area contributed by atoms with E-state index in [2.05, 4.69) is 60.1 Å². The molecule has 1 N–H and O–H groups in total. The van der Waals surface area contributed by atoms with Crippen molar-refractivity contribution in [3.05, 3.63) is 81.3 Å². The Morgan fingerprint density at radius 2 is 1.93 bits per heavy atom. The van der Waals surface area contributed by atoms with Gasteiger partial charge in [-0.1, -0.05) is 53.7 Å². The van der Waals surface area contributed by atoms with Crippen molar-refractivity contribution in [2.24, 2.45) is 0 Å². The molecule has 2 heterocycles. The summed E-state index contributed by atoms with van der Waals surface area (Å²) in [6.07, 6.45) is 1.58. The molecular weight excluding hydrogens is 356 g/mol. The predicted octanol–water partition coefficient (Wildman–Crippen LogP) is 4.33. The monoisotopic (exact) mass is 376 g/mol. The van der Waals surface area contributed by atoms with Gasteiger partial charge in [-0.3, -0.25) is 4.79 Å². The minimum atomic E-state index is -0.164. The zero-order chi connectivity index (χ0) is 19.0. The van der Waals surface area contributed by atoms with Gasteiger partial charge in [-0.05, 0) is 43.5 Å². The van der Waals surface area contributed by atoms with Crippen LogP contribution in [-0.4, -0.2) is 19.7 Å². The van der Waals surface area contributed by atoms with Gasteiger partial charge < -0.3 is 4.98 Å². The van der Waals surface area contributed by atoms with E-state index < -0.39 is 0 Å². The van der Waals surface area contributed by atoms with Gasteiger partial charge in [0.1, 0.15) is 5.39 Å². The molecule has 0 spiro atoms. The second-order valence-corrected chi connectivity index (χ2v) is 7.63. The zero-order valence-electron chi connectivity index (χ0n) is 15.5. The molecule has 0 saturated heterocycles. The minimum absolute atomic E-state index is 0.164. The summed E-state index contributed by atoms with van der Waals surface area (Å²) >= 11 is 1.52. The average molecular weight is 376 g/mol. The number of fused-ring (bicyclic) bond motifs is 1. The Morgan fingerprint density at radius 3 is 2.74 bits per heavy atom. The van der Waals surface area contributed by atoms with Crippen LogP contribution in [0.2, 0.25) is 0 Å². The van der Waals surface area contributed by atoms with Gasteiger partial charge in [-0.2, -0.15) is 5.10 Å². The summed E-state index contributed by atoms with van der Waals surface area (Å²) in [5.74, 6) is 0.744. The molecule has 0 aliphatic heterocycles. The van der Waals surface area contributed by atoms with Crippen molar-refractivity contribution in [1.29, 1.82) is 0 Å². The fraction of sp³-hybridized carbons (Fsp3) is 0.190. The first-order chi connectivity index (χ1) is 13.0. The number of aromatic amines is 1. The van der Waals surface area contributed by atoms with Crippen molar-refractivity contribution in [3.63, 3.8) is 0 Å². The van der Waals surface area contributed by atoms with Crippen LogP contribution >= 0.6 is 11.8 Å². The SMILES string of the molecule is Cc1cccc(CSc2nc3c(cnn3-c3cccc(C)c3C)c(=O)[nH]2)c1. The van der Waals surface area contributed by atoms with Crippen molar-refractivity contribution in [2.75, 3.05) is 0 Å². The first kappa shape index (κ1) is 17.5. The lowest BCUT2D eigenvalue weighted by molar-refractivity contribution is 0.865. The van der Waals surface area contributed by atoms with Crippen molar-refractivity contribution in [1.82, 2.24) is 19.7 Å². The van der Waals surface area contributed by atoms with Crippen LogP contribution in [0.5, 0.6) is 0 Å². The number of aryl methyl sites for hydroxylation is 2. The molecule has 0 radical (unpaired) electrons. The van der Waals surface area contributed by atoms with Crippen LogP contribution in [0.1, 0.15) is 22.3 Å². The number of nitrogens with one attached hydrogen (secondary N) is 1. The highest BCUT2D eigenvalue weighted by atomic mass is 32.2. The maximum atomic E-state index is 12.5. The van der Waals surface area contributed by atoms with E-state index in [-0.39, 0.29) is 5.56 Å². The number of hydrogen-bond acceptors (Lipinski definition) is 4. The van der Waals surface area contributed by atoms with Gasteiger partial charge in [0.05, 0.1) is 11.9 Å². The smallest absolute Gasteiger partial charge is 0.262 e. The molecule has 0 atom stereocenters. The Bertz CT molecular complexity index is 1190.